The van der Waals surface area contributed by atoms with E-state index in [4.69, 9.17) is 0 Å². The van der Waals surface area contributed by atoms with Crippen molar-refractivity contribution in [1.29, 1.82) is 0 Å². The van der Waals surface area contributed by atoms with E-state index in [9.17, 15) is 0 Å². The van der Waals surface area contributed by atoms with Crippen molar-refractivity contribution < 1.29 is 0 Å². The number of rotatable bonds is 6. The molecular weight excluding hydrogens is 322 g/mol. The number of hydrogen-bond acceptors (Lipinski definition) is 3. The van der Waals surface area contributed by atoms with Crippen LogP contribution in [0.1, 0.15) is 30.1 Å². The topological polar surface area (TPSA) is 29.9 Å². The van der Waals surface area contributed by atoms with Crippen LogP contribution in [-0.2, 0) is 26.4 Å². The third-order valence-electron chi connectivity index (χ3n) is 3.21. The summed E-state index contributed by atoms with van der Waals surface area (Å²) in [6, 6.07) is 4.77. The maximum absolute atomic E-state index is 4.51. The summed E-state index contributed by atoms with van der Waals surface area (Å²) in [5.41, 5.74) is 2.35. The van der Waals surface area contributed by atoms with Crippen LogP contribution in [-0.4, -0.2) is 15.8 Å². The number of thiophene rings is 1. The SMILES string of the molecule is CCc1nn(C)c(CNC(C)Cc2cccs2)c1Br. The smallest absolute Gasteiger partial charge is 0.0767 e. The summed E-state index contributed by atoms with van der Waals surface area (Å²) in [5, 5.41) is 10.2. The van der Waals surface area contributed by atoms with E-state index >= 15 is 0 Å². The van der Waals surface area contributed by atoms with Crippen LogP contribution in [0.4, 0.5) is 0 Å². The van der Waals surface area contributed by atoms with E-state index in [1.807, 2.05) is 23.1 Å². The van der Waals surface area contributed by atoms with E-state index < -0.39 is 0 Å². The minimum absolute atomic E-state index is 0.463. The average molecular weight is 342 g/mol. The van der Waals surface area contributed by atoms with Crippen molar-refractivity contribution in [2.24, 2.45) is 7.05 Å². The standard InChI is InChI=1S/C14H20BrN3S/c1-4-12-14(15)13(18(3)17-12)9-16-10(2)8-11-6-5-7-19-11/h5-7,10,16H,4,8-9H2,1-3H3. The van der Waals surface area contributed by atoms with Crippen LogP contribution < -0.4 is 5.32 Å². The molecule has 2 rings (SSSR count). The highest BCUT2D eigenvalue weighted by Gasteiger charge is 2.13. The molecule has 3 nitrogen and oxygen atoms in total. The predicted molar refractivity (Wildman–Crippen MR) is 84.6 cm³/mol. The average Bonchev–Trinajstić information content (AvgIpc) is 2.96. The van der Waals surface area contributed by atoms with Gasteiger partial charge in [0.25, 0.3) is 0 Å². The van der Waals surface area contributed by atoms with Gasteiger partial charge in [0.1, 0.15) is 0 Å². The Kier molecular flexibility index (Phi) is 5.19. The summed E-state index contributed by atoms with van der Waals surface area (Å²) >= 11 is 5.47. The number of aryl methyl sites for hydroxylation is 2. The molecule has 5 heteroatoms. The molecule has 0 aromatic carbocycles. The van der Waals surface area contributed by atoms with E-state index in [0.717, 1.165) is 29.6 Å². The van der Waals surface area contributed by atoms with Gasteiger partial charge >= 0.3 is 0 Å². The first kappa shape index (κ1) is 14.8. The van der Waals surface area contributed by atoms with Gasteiger partial charge in [0.15, 0.2) is 0 Å². The van der Waals surface area contributed by atoms with Crippen molar-refractivity contribution in [3.63, 3.8) is 0 Å². The second-order valence-corrected chi connectivity index (χ2v) is 6.58. The van der Waals surface area contributed by atoms with Gasteiger partial charge in [-0.15, -0.1) is 11.3 Å². The Morgan fingerprint density at radius 1 is 1.53 bits per heavy atom. The molecule has 0 saturated heterocycles. The van der Waals surface area contributed by atoms with Crippen LogP contribution in [0.2, 0.25) is 0 Å². The van der Waals surface area contributed by atoms with E-state index in [-0.39, 0.29) is 0 Å². The molecule has 104 valence electrons. The highest BCUT2D eigenvalue weighted by molar-refractivity contribution is 9.10. The van der Waals surface area contributed by atoms with E-state index in [2.05, 4.69) is 57.7 Å². The van der Waals surface area contributed by atoms with Gasteiger partial charge in [-0.1, -0.05) is 13.0 Å². The van der Waals surface area contributed by atoms with Crippen LogP contribution in [0.3, 0.4) is 0 Å². The molecule has 1 unspecified atom stereocenters. The van der Waals surface area contributed by atoms with Crippen molar-refractivity contribution in [3.8, 4) is 0 Å². The Bertz CT molecular complexity index is 519. The van der Waals surface area contributed by atoms with Crippen molar-refractivity contribution in [2.75, 3.05) is 0 Å². The third-order valence-corrected chi connectivity index (χ3v) is 5.02. The van der Waals surface area contributed by atoms with E-state index in [1.54, 1.807) is 0 Å². The first-order valence-electron chi connectivity index (χ1n) is 6.57. The van der Waals surface area contributed by atoms with Crippen LogP contribution in [0, 0.1) is 0 Å². The number of hydrogen-bond donors (Lipinski definition) is 1. The fourth-order valence-electron chi connectivity index (χ4n) is 2.09. The quantitative estimate of drug-likeness (QED) is 0.870. The molecule has 0 saturated carbocycles. The van der Waals surface area contributed by atoms with Crippen LogP contribution in [0.15, 0.2) is 22.0 Å². The summed E-state index contributed by atoms with van der Waals surface area (Å²) in [7, 11) is 2.00. The Hall–Kier alpha value is -0.650. The van der Waals surface area contributed by atoms with Gasteiger partial charge in [-0.25, -0.2) is 0 Å². The summed E-state index contributed by atoms with van der Waals surface area (Å²) in [6.07, 6.45) is 2.03. The molecule has 0 bridgehead atoms. The molecule has 19 heavy (non-hydrogen) atoms. The van der Waals surface area contributed by atoms with Gasteiger partial charge in [0, 0.05) is 24.5 Å². The van der Waals surface area contributed by atoms with Gasteiger partial charge in [0.05, 0.1) is 15.9 Å². The first-order chi connectivity index (χ1) is 9.11. The Labute approximate surface area is 127 Å². The lowest BCUT2D eigenvalue weighted by molar-refractivity contribution is 0.527. The molecule has 2 heterocycles. The molecule has 0 aliphatic rings. The monoisotopic (exact) mass is 341 g/mol. The number of nitrogens with zero attached hydrogens (tertiary/aromatic N) is 2. The maximum atomic E-state index is 4.51. The molecule has 0 aliphatic heterocycles. The number of halogens is 1. The lowest BCUT2D eigenvalue weighted by atomic mass is 10.2. The highest BCUT2D eigenvalue weighted by Crippen LogP contribution is 2.21. The van der Waals surface area contributed by atoms with Crippen molar-refractivity contribution in [2.45, 2.75) is 39.3 Å². The van der Waals surface area contributed by atoms with Crippen LogP contribution in [0.25, 0.3) is 0 Å². The highest BCUT2D eigenvalue weighted by atomic mass is 79.9. The molecule has 0 amide bonds. The zero-order valence-corrected chi connectivity index (χ0v) is 14.0. The third kappa shape index (κ3) is 3.68. The van der Waals surface area contributed by atoms with Crippen LogP contribution in [0.5, 0.6) is 0 Å². The maximum Gasteiger partial charge on any atom is 0.0767 e. The van der Waals surface area contributed by atoms with Gasteiger partial charge < -0.3 is 5.32 Å². The second kappa shape index (κ2) is 6.68. The molecule has 0 aliphatic carbocycles. The van der Waals surface area contributed by atoms with Crippen LogP contribution >= 0.6 is 27.3 Å². The summed E-state index contributed by atoms with van der Waals surface area (Å²) in [6.45, 7) is 5.20. The van der Waals surface area contributed by atoms with E-state index in [0.29, 0.717) is 6.04 Å². The molecule has 2 aromatic rings. The molecule has 0 fully saturated rings. The predicted octanol–water partition coefficient (Wildman–Crippen LogP) is 3.53. The number of aromatic nitrogens is 2. The lowest BCUT2D eigenvalue weighted by Gasteiger charge is -2.13. The normalized spacial score (nSPS) is 12.8. The molecule has 1 N–H and O–H groups in total. The summed E-state index contributed by atoms with van der Waals surface area (Å²) < 4.78 is 3.11. The molecule has 0 radical (unpaired) electrons. The second-order valence-electron chi connectivity index (χ2n) is 4.75. The Balaban J connectivity index is 1.93. The van der Waals surface area contributed by atoms with Gasteiger partial charge in [-0.2, -0.15) is 5.10 Å². The molecular formula is C14H20BrN3S. The molecule has 1 atom stereocenters. The van der Waals surface area contributed by atoms with E-state index in [1.165, 1.54) is 10.6 Å². The minimum atomic E-state index is 0.463. The van der Waals surface area contributed by atoms with Gasteiger partial charge in [-0.3, -0.25) is 4.68 Å². The Morgan fingerprint density at radius 3 is 2.89 bits per heavy atom. The van der Waals surface area contributed by atoms with Gasteiger partial charge in [0.2, 0.25) is 0 Å². The summed E-state index contributed by atoms with van der Waals surface area (Å²) in [5.74, 6) is 0. The van der Waals surface area contributed by atoms with Crippen molar-refractivity contribution in [3.05, 3.63) is 38.3 Å². The zero-order valence-electron chi connectivity index (χ0n) is 11.6. The fraction of sp³-hybridized carbons (Fsp3) is 0.500. The fourth-order valence-corrected chi connectivity index (χ4v) is 3.68. The van der Waals surface area contributed by atoms with Gasteiger partial charge in [-0.05, 0) is 47.1 Å². The zero-order chi connectivity index (χ0) is 13.8. The largest absolute Gasteiger partial charge is 0.308 e. The van der Waals surface area contributed by atoms with Crippen molar-refractivity contribution in [1.82, 2.24) is 15.1 Å². The molecule has 0 spiro atoms. The van der Waals surface area contributed by atoms with Crippen molar-refractivity contribution >= 4 is 27.3 Å². The Morgan fingerprint density at radius 2 is 2.32 bits per heavy atom. The number of nitrogens with one attached hydrogen (secondary N) is 1. The first-order valence-corrected chi connectivity index (χ1v) is 8.25. The summed E-state index contributed by atoms with van der Waals surface area (Å²) in [4.78, 5) is 1.43. The lowest BCUT2D eigenvalue weighted by Crippen LogP contribution is -2.28. The molecule has 2 aromatic heterocycles. The minimum Gasteiger partial charge on any atom is -0.308 e.